The highest BCUT2D eigenvalue weighted by Gasteiger charge is 2.47. The van der Waals surface area contributed by atoms with Crippen LogP contribution >= 0.6 is 0 Å². The van der Waals surface area contributed by atoms with Crippen molar-refractivity contribution in [3.8, 4) is 5.75 Å². The molecule has 0 saturated heterocycles. The zero-order valence-electron chi connectivity index (χ0n) is 12.1. The third-order valence-electron chi connectivity index (χ3n) is 4.33. The number of benzene rings is 1. The van der Waals surface area contributed by atoms with Crippen molar-refractivity contribution in [2.24, 2.45) is 0 Å². The van der Waals surface area contributed by atoms with Crippen LogP contribution in [0.2, 0.25) is 0 Å². The molecule has 0 aromatic heterocycles. The monoisotopic (exact) mass is 296 g/mol. The maximum Gasteiger partial charge on any atom is 0.341 e. The predicted molar refractivity (Wildman–Crippen MR) is 73.2 cm³/mol. The lowest BCUT2D eigenvalue weighted by Crippen LogP contribution is -2.34. The molecule has 21 heavy (non-hydrogen) atoms. The SMILES string of the molecule is COC(=O)c1cc(C2CC2)cc(C2CC(F)(F)C2)c1OC. The molecule has 2 aliphatic rings. The van der Waals surface area contributed by atoms with Crippen LogP contribution < -0.4 is 4.74 Å². The first-order valence-electron chi connectivity index (χ1n) is 7.13. The third kappa shape index (κ3) is 2.61. The third-order valence-corrected chi connectivity index (χ3v) is 4.33. The highest BCUT2D eigenvalue weighted by atomic mass is 19.3. The second kappa shape index (κ2) is 4.97. The van der Waals surface area contributed by atoms with Gasteiger partial charge >= 0.3 is 5.97 Å². The fraction of sp³-hybridized carbons (Fsp3) is 0.562. The number of ether oxygens (including phenoxy) is 2. The van der Waals surface area contributed by atoms with Gasteiger partial charge in [0.2, 0.25) is 5.92 Å². The second-order valence-electron chi connectivity index (χ2n) is 5.92. The average Bonchev–Trinajstić information content (AvgIpc) is 3.26. The zero-order chi connectivity index (χ0) is 15.2. The Morgan fingerprint density at radius 2 is 1.86 bits per heavy atom. The molecule has 0 radical (unpaired) electrons. The molecule has 0 atom stereocenters. The van der Waals surface area contributed by atoms with Crippen LogP contribution in [0.4, 0.5) is 8.78 Å². The van der Waals surface area contributed by atoms with Crippen molar-refractivity contribution in [1.29, 1.82) is 0 Å². The van der Waals surface area contributed by atoms with Crippen molar-refractivity contribution in [2.75, 3.05) is 14.2 Å². The van der Waals surface area contributed by atoms with Crippen LogP contribution in [0.3, 0.4) is 0 Å². The van der Waals surface area contributed by atoms with Gasteiger partial charge in [-0.1, -0.05) is 6.07 Å². The normalized spacial score (nSPS) is 20.8. The van der Waals surface area contributed by atoms with Crippen LogP contribution in [0.25, 0.3) is 0 Å². The summed E-state index contributed by atoms with van der Waals surface area (Å²) in [4.78, 5) is 11.9. The first-order chi connectivity index (χ1) is 9.95. The van der Waals surface area contributed by atoms with Crippen molar-refractivity contribution in [3.05, 3.63) is 28.8 Å². The van der Waals surface area contributed by atoms with Gasteiger partial charge in [-0.2, -0.15) is 0 Å². The lowest BCUT2D eigenvalue weighted by atomic mass is 9.75. The van der Waals surface area contributed by atoms with E-state index in [1.54, 1.807) is 6.07 Å². The molecule has 0 N–H and O–H groups in total. The van der Waals surface area contributed by atoms with E-state index in [9.17, 15) is 13.6 Å². The van der Waals surface area contributed by atoms with Crippen molar-refractivity contribution in [3.63, 3.8) is 0 Å². The molecule has 2 saturated carbocycles. The van der Waals surface area contributed by atoms with Crippen LogP contribution in [0.1, 0.15) is 59.0 Å². The number of alkyl halides is 2. The molecule has 2 fully saturated rings. The van der Waals surface area contributed by atoms with Gasteiger partial charge in [0.15, 0.2) is 0 Å². The summed E-state index contributed by atoms with van der Waals surface area (Å²) in [6.45, 7) is 0. The average molecular weight is 296 g/mol. The summed E-state index contributed by atoms with van der Waals surface area (Å²) in [7, 11) is 2.77. The van der Waals surface area contributed by atoms with Gasteiger partial charge in [0, 0.05) is 12.8 Å². The second-order valence-corrected chi connectivity index (χ2v) is 5.92. The van der Waals surface area contributed by atoms with E-state index >= 15 is 0 Å². The molecule has 0 amide bonds. The van der Waals surface area contributed by atoms with E-state index < -0.39 is 11.9 Å². The summed E-state index contributed by atoms with van der Waals surface area (Å²) >= 11 is 0. The van der Waals surface area contributed by atoms with Crippen molar-refractivity contribution >= 4 is 5.97 Å². The van der Waals surface area contributed by atoms with Crippen molar-refractivity contribution < 1.29 is 23.0 Å². The molecule has 0 aliphatic heterocycles. The number of methoxy groups -OCH3 is 2. The Kier molecular flexibility index (Phi) is 3.38. The van der Waals surface area contributed by atoms with E-state index in [0.717, 1.165) is 18.4 Å². The summed E-state index contributed by atoms with van der Waals surface area (Å²) in [5.41, 5.74) is 2.09. The number of hydrogen-bond donors (Lipinski definition) is 0. The van der Waals surface area contributed by atoms with Crippen LogP contribution in [0.5, 0.6) is 5.75 Å². The molecule has 3 rings (SSSR count). The molecule has 1 aromatic rings. The smallest absolute Gasteiger partial charge is 0.341 e. The fourth-order valence-corrected chi connectivity index (χ4v) is 3.00. The Morgan fingerprint density at radius 3 is 2.33 bits per heavy atom. The highest BCUT2D eigenvalue weighted by molar-refractivity contribution is 5.93. The standard InChI is InChI=1S/C16H18F2O3/c1-20-14-12(11-7-16(17,18)8-11)5-10(9-3-4-9)6-13(14)15(19)21-2/h5-6,9,11H,3-4,7-8H2,1-2H3. The summed E-state index contributed by atoms with van der Waals surface area (Å²) in [6.07, 6.45) is 1.79. The maximum absolute atomic E-state index is 13.2. The summed E-state index contributed by atoms with van der Waals surface area (Å²) in [6, 6.07) is 3.71. The summed E-state index contributed by atoms with van der Waals surface area (Å²) in [5, 5.41) is 0. The molecule has 0 heterocycles. The van der Waals surface area contributed by atoms with Crippen molar-refractivity contribution in [1.82, 2.24) is 0 Å². The molecule has 0 spiro atoms. The molecule has 0 unspecified atom stereocenters. The fourth-order valence-electron chi connectivity index (χ4n) is 3.00. The molecule has 2 aliphatic carbocycles. The minimum absolute atomic E-state index is 0.182. The van der Waals surface area contributed by atoms with E-state index in [0.29, 0.717) is 22.8 Å². The maximum atomic E-state index is 13.2. The van der Waals surface area contributed by atoms with E-state index in [4.69, 9.17) is 9.47 Å². The van der Waals surface area contributed by atoms with Gasteiger partial charge in [0.1, 0.15) is 11.3 Å². The van der Waals surface area contributed by atoms with Crippen LogP contribution in [0.15, 0.2) is 12.1 Å². The molecule has 114 valence electrons. The van der Waals surface area contributed by atoms with E-state index in [-0.39, 0.29) is 18.8 Å². The molecule has 3 nitrogen and oxygen atoms in total. The van der Waals surface area contributed by atoms with Crippen LogP contribution in [-0.2, 0) is 4.74 Å². The number of hydrogen-bond acceptors (Lipinski definition) is 3. The van der Waals surface area contributed by atoms with Gasteiger partial charge in [-0.3, -0.25) is 0 Å². The summed E-state index contributed by atoms with van der Waals surface area (Å²) in [5.74, 6) is -2.53. The number of halogens is 2. The molecule has 0 bridgehead atoms. The summed E-state index contributed by atoms with van der Waals surface area (Å²) < 4.78 is 36.5. The van der Waals surface area contributed by atoms with Gasteiger partial charge in [0.25, 0.3) is 0 Å². The Hall–Kier alpha value is -1.65. The predicted octanol–water partition coefficient (Wildman–Crippen LogP) is 3.87. The Balaban J connectivity index is 2.03. The Labute approximate surface area is 122 Å². The largest absolute Gasteiger partial charge is 0.496 e. The Bertz CT molecular complexity index is 571. The minimum atomic E-state index is -2.60. The number of carbonyl (C=O) groups is 1. The lowest BCUT2D eigenvalue weighted by Gasteiger charge is -2.36. The van der Waals surface area contributed by atoms with E-state index in [1.165, 1.54) is 14.2 Å². The van der Waals surface area contributed by atoms with Gasteiger partial charge < -0.3 is 9.47 Å². The molecular weight excluding hydrogens is 278 g/mol. The minimum Gasteiger partial charge on any atom is -0.496 e. The molecule has 5 heteroatoms. The van der Waals surface area contributed by atoms with Crippen LogP contribution in [0, 0.1) is 0 Å². The Morgan fingerprint density at radius 1 is 1.19 bits per heavy atom. The van der Waals surface area contributed by atoms with Gasteiger partial charge in [0.05, 0.1) is 14.2 Å². The highest BCUT2D eigenvalue weighted by Crippen LogP contribution is 2.52. The zero-order valence-corrected chi connectivity index (χ0v) is 12.1. The number of carbonyl (C=O) groups excluding carboxylic acids is 1. The van der Waals surface area contributed by atoms with Crippen molar-refractivity contribution in [2.45, 2.75) is 43.4 Å². The number of rotatable bonds is 4. The topological polar surface area (TPSA) is 35.5 Å². The number of esters is 1. The van der Waals surface area contributed by atoms with Gasteiger partial charge in [-0.25, -0.2) is 13.6 Å². The lowest BCUT2D eigenvalue weighted by molar-refractivity contribution is -0.0870. The van der Waals surface area contributed by atoms with Crippen LogP contribution in [-0.4, -0.2) is 26.1 Å². The van der Waals surface area contributed by atoms with E-state index in [1.807, 2.05) is 6.07 Å². The van der Waals surface area contributed by atoms with E-state index in [2.05, 4.69) is 0 Å². The van der Waals surface area contributed by atoms with Gasteiger partial charge in [-0.15, -0.1) is 0 Å². The molecular formula is C16H18F2O3. The first-order valence-corrected chi connectivity index (χ1v) is 7.13. The first kappa shape index (κ1) is 14.3. The molecule has 1 aromatic carbocycles. The quantitative estimate of drug-likeness (QED) is 0.791. The van der Waals surface area contributed by atoms with Gasteiger partial charge in [-0.05, 0) is 41.9 Å².